The molecule has 2 amide bonds. The standard InChI is InChI=1S/C15H22F2N2O3/c1-10(2)12(7-8-20)19-15(21)18-9-11-5-3-4-6-13(11)22-14(16)17/h3-6,10,12,14,20H,7-9H2,1-2H3,(H2,18,19,21). The van der Waals surface area contributed by atoms with Crippen LogP contribution < -0.4 is 15.4 Å². The van der Waals surface area contributed by atoms with Crippen LogP contribution in [0.25, 0.3) is 0 Å². The number of ether oxygens (including phenoxy) is 1. The van der Waals surface area contributed by atoms with Crippen LogP contribution in [-0.4, -0.2) is 30.4 Å². The Morgan fingerprint density at radius 2 is 2.00 bits per heavy atom. The first-order valence-electron chi connectivity index (χ1n) is 7.12. The number of carbonyl (C=O) groups is 1. The maximum Gasteiger partial charge on any atom is 0.387 e. The lowest BCUT2D eigenvalue weighted by Crippen LogP contribution is -2.44. The third-order valence-corrected chi connectivity index (χ3v) is 3.19. The lowest BCUT2D eigenvalue weighted by Gasteiger charge is -2.22. The van der Waals surface area contributed by atoms with Gasteiger partial charge in [0.1, 0.15) is 5.75 Å². The van der Waals surface area contributed by atoms with E-state index in [0.717, 1.165) is 0 Å². The van der Waals surface area contributed by atoms with E-state index in [1.165, 1.54) is 6.07 Å². The molecule has 0 aliphatic rings. The van der Waals surface area contributed by atoms with Crippen LogP contribution in [0.2, 0.25) is 0 Å². The maximum atomic E-state index is 12.3. The fourth-order valence-electron chi connectivity index (χ4n) is 1.97. The lowest BCUT2D eigenvalue weighted by molar-refractivity contribution is -0.0504. The lowest BCUT2D eigenvalue weighted by atomic mass is 10.0. The topological polar surface area (TPSA) is 70.6 Å². The molecule has 0 spiro atoms. The van der Waals surface area contributed by atoms with Gasteiger partial charge in [0.05, 0.1) is 0 Å². The Hall–Kier alpha value is -1.89. The second kappa shape index (κ2) is 9.19. The number of rotatable bonds is 8. The summed E-state index contributed by atoms with van der Waals surface area (Å²) in [5.41, 5.74) is 0.459. The molecule has 1 atom stereocenters. The van der Waals surface area contributed by atoms with E-state index in [9.17, 15) is 13.6 Å². The third kappa shape index (κ3) is 6.26. The van der Waals surface area contributed by atoms with Gasteiger partial charge in [-0.1, -0.05) is 32.0 Å². The van der Waals surface area contributed by atoms with Crippen molar-refractivity contribution in [2.24, 2.45) is 5.92 Å². The van der Waals surface area contributed by atoms with Crippen LogP contribution in [0.4, 0.5) is 13.6 Å². The predicted molar refractivity (Wildman–Crippen MR) is 78.8 cm³/mol. The number of carbonyl (C=O) groups excluding carboxylic acids is 1. The molecule has 0 aromatic heterocycles. The molecule has 1 unspecified atom stereocenters. The van der Waals surface area contributed by atoms with E-state index in [1.54, 1.807) is 18.2 Å². The first-order valence-corrected chi connectivity index (χ1v) is 7.12. The number of aliphatic hydroxyl groups is 1. The van der Waals surface area contributed by atoms with Gasteiger partial charge in [-0.2, -0.15) is 8.78 Å². The average Bonchev–Trinajstić information content (AvgIpc) is 2.45. The van der Waals surface area contributed by atoms with Crippen molar-refractivity contribution in [2.45, 2.75) is 39.5 Å². The van der Waals surface area contributed by atoms with Crippen LogP contribution in [0, 0.1) is 5.92 Å². The van der Waals surface area contributed by atoms with E-state index in [4.69, 9.17) is 5.11 Å². The zero-order valence-corrected chi connectivity index (χ0v) is 12.7. The summed E-state index contributed by atoms with van der Waals surface area (Å²) >= 11 is 0. The SMILES string of the molecule is CC(C)C(CCO)NC(=O)NCc1ccccc1OC(F)F. The monoisotopic (exact) mass is 316 g/mol. The normalized spacial score (nSPS) is 12.3. The summed E-state index contributed by atoms with van der Waals surface area (Å²) in [6.45, 7) is 1.01. The third-order valence-electron chi connectivity index (χ3n) is 3.19. The molecule has 22 heavy (non-hydrogen) atoms. The van der Waals surface area contributed by atoms with Crippen molar-refractivity contribution in [2.75, 3.05) is 6.61 Å². The van der Waals surface area contributed by atoms with E-state index in [-0.39, 0.29) is 30.9 Å². The van der Waals surface area contributed by atoms with Gasteiger partial charge in [0.2, 0.25) is 0 Å². The Bertz CT molecular complexity index is 470. The highest BCUT2D eigenvalue weighted by Gasteiger charge is 2.16. The zero-order valence-electron chi connectivity index (χ0n) is 12.7. The van der Waals surface area contributed by atoms with Gasteiger partial charge in [-0.05, 0) is 18.4 Å². The number of benzene rings is 1. The van der Waals surface area contributed by atoms with E-state index < -0.39 is 12.6 Å². The van der Waals surface area contributed by atoms with Crippen molar-refractivity contribution < 1.29 is 23.4 Å². The Kier molecular flexibility index (Phi) is 7.59. The van der Waals surface area contributed by atoms with Crippen molar-refractivity contribution in [3.05, 3.63) is 29.8 Å². The average molecular weight is 316 g/mol. The maximum absolute atomic E-state index is 12.3. The van der Waals surface area contributed by atoms with Gasteiger partial charge < -0.3 is 20.5 Å². The minimum absolute atomic E-state index is 0.0197. The molecule has 7 heteroatoms. The zero-order chi connectivity index (χ0) is 16.5. The highest BCUT2D eigenvalue weighted by molar-refractivity contribution is 5.74. The second-order valence-corrected chi connectivity index (χ2v) is 5.18. The molecule has 0 fully saturated rings. The molecule has 1 aromatic carbocycles. The van der Waals surface area contributed by atoms with E-state index in [1.807, 2.05) is 13.8 Å². The van der Waals surface area contributed by atoms with Gasteiger partial charge in [0, 0.05) is 24.8 Å². The van der Waals surface area contributed by atoms with Gasteiger partial charge in [-0.25, -0.2) is 4.79 Å². The summed E-state index contributed by atoms with van der Waals surface area (Å²) in [6.07, 6.45) is 0.455. The Balaban J connectivity index is 2.57. The van der Waals surface area contributed by atoms with Crippen LogP contribution >= 0.6 is 0 Å². The fourth-order valence-corrected chi connectivity index (χ4v) is 1.97. The second-order valence-electron chi connectivity index (χ2n) is 5.18. The number of urea groups is 1. The van der Waals surface area contributed by atoms with Gasteiger partial charge in [0.15, 0.2) is 0 Å². The van der Waals surface area contributed by atoms with Crippen LogP contribution in [0.5, 0.6) is 5.75 Å². The van der Waals surface area contributed by atoms with Crippen LogP contribution in [0.3, 0.4) is 0 Å². The summed E-state index contributed by atoms with van der Waals surface area (Å²) in [7, 11) is 0. The molecule has 0 saturated heterocycles. The fraction of sp³-hybridized carbons (Fsp3) is 0.533. The minimum atomic E-state index is -2.91. The molecule has 1 rings (SSSR count). The smallest absolute Gasteiger partial charge is 0.387 e. The number of amides is 2. The quantitative estimate of drug-likeness (QED) is 0.690. The summed E-state index contributed by atoms with van der Waals surface area (Å²) in [5, 5.41) is 14.3. The molecule has 0 radical (unpaired) electrons. The summed E-state index contributed by atoms with van der Waals surface area (Å²) in [6, 6.07) is 5.71. The molecule has 0 heterocycles. The molecule has 1 aromatic rings. The summed E-state index contributed by atoms with van der Waals surface area (Å²) in [4.78, 5) is 11.8. The van der Waals surface area contributed by atoms with Crippen molar-refractivity contribution in [1.82, 2.24) is 10.6 Å². The molecule has 0 aliphatic carbocycles. The highest BCUT2D eigenvalue weighted by atomic mass is 19.3. The number of alkyl halides is 2. The number of nitrogens with one attached hydrogen (secondary N) is 2. The molecular weight excluding hydrogens is 294 g/mol. The Labute approximate surface area is 128 Å². The number of hydrogen-bond acceptors (Lipinski definition) is 3. The largest absolute Gasteiger partial charge is 0.434 e. The predicted octanol–water partition coefficient (Wildman–Crippen LogP) is 2.49. The molecule has 5 nitrogen and oxygen atoms in total. The number of halogens is 2. The number of para-hydroxylation sites is 1. The van der Waals surface area contributed by atoms with Gasteiger partial charge in [-0.15, -0.1) is 0 Å². The first-order chi connectivity index (χ1) is 10.4. The summed E-state index contributed by atoms with van der Waals surface area (Å²) in [5.74, 6) is 0.209. The number of aliphatic hydroxyl groups excluding tert-OH is 1. The minimum Gasteiger partial charge on any atom is -0.434 e. The van der Waals surface area contributed by atoms with Gasteiger partial charge in [0.25, 0.3) is 0 Å². The Morgan fingerprint density at radius 1 is 1.32 bits per heavy atom. The number of hydrogen-bond donors (Lipinski definition) is 3. The molecule has 0 saturated carbocycles. The van der Waals surface area contributed by atoms with Crippen LogP contribution in [0.15, 0.2) is 24.3 Å². The molecule has 124 valence electrons. The molecule has 3 N–H and O–H groups in total. The first kappa shape index (κ1) is 18.2. The van der Waals surface area contributed by atoms with Crippen molar-refractivity contribution >= 4 is 6.03 Å². The van der Waals surface area contributed by atoms with Crippen LogP contribution in [0.1, 0.15) is 25.8 Å². The molecule has 0 aliphatic heterocycles. The van der Waals surface area contributed by atoms with Gasteiger partial charge in [-0.3, -0.25) is 0 Å². The van der Waals surface area contributed by atoms with Crippen LogP contribution in [-0.2, 0) is 6.54 Å². The highest BCUT2D eigenvalue weighted by Crippen LogP contribution is 2.19. The summed E-state index contributed by atoms with van der Waals surface area (Å²) < 4.78 is 29.0. The van der Waals surface area contributed by atoms with E-state index in [2.05, 4.69) is 15.4 Å². The molecule has 0 bridgehead atoms. The Morgan fingerprint density at radius 3 is 2.59 bits per heavy atom. The van der Waals surface area contributed by atoms with Gasteiger partial charge >= 0.3 is 12.6 Å². The van der Waals surface area contributed by atoms with E-state index >= 15 is 0 Å². The van der Waals surface area contributed by atoms with E-state index in [0.29, 0.717) is 12.0 Å². The van der Waals surface area contributed by atoms with Crippen molar-refractivity contribution in [3.8, 4) is 5.75 Å². The van der Waals surface area contributed by atoms with Crippen molar-refractivity contribution in [1.29, 1.82) is 0 Å². The molecular formula is C15H22F2N2O3. The van der Waals surface area contributed by atoms with Crippen molar-refractivity contribution in [3.63, 3.8) is 0 Å².